The second-order valence-electron chi connectivity index (χ2n) is 3.06. The number of amides is 1. The molecule has 0 unspecified atom stereocenters. The van der Waals surface area contributed by atoms with E-state index in [1.807, 2.05) is 0 Å². The molecule has 1 rings (SSSR count). The molecule has 0 bridgehead atoms. The number of guanidine groups is 1. The van der Waals surface area contributed by atoms with E-state index in [-0.39, 0.29) is 11.9 Å². The van der Waals surface area contributed by atoms with Crippen molar-refractivity contribution >= 4 is 11.9 Å². The van der Waals surface area contributed by atoms with Crippen LogP contribution in [0, 0.1) is 5.92 Å². The summed E-state index contributed by atoms with van der Waals surface area (Å²) in [6.07, 6.45) is 0. The van der Waals surface area contributed by atoms with Crippen molar-refractivity contribution in [1.29, 1.82) is 0 Å². The third-order valence-electron chi connectivity index (χ3n) is 1.93. The molecule has 1 saturated heterocycles. The number of likely N-dealkylation sites (tertiary alicyclic amines) is 1. The molecule has 1 fully saturated rings. The van der Waals surface area contributed by atoms with Gasteiger partial charge in [-0.2, -0.15) is 0 Å². The normalized spacial score (nSPS) is 16.9. The van der Waals surface area contributed by atoms with Crippen LogP contribution < -0.4 is 11.5 Å². The van der Waals surface area contributed by atoms with Gasteiger partial charge in [-0.1, -0.05) is 0 Å². The van der Waals surface area contributed by atoms with Gasteiger partial charge >= 0.3 is 0 Å². The summed E-state index contributed by atoms with van der Waals surface area (Å²) in [5.74, 6) is 0.684. The molecular weight excluding hydrogens is 156 g/mol. The van der Waals surface area contributed by atoms with Crippen molar-refractivity contribution in [3.05, 3.63) is 0 Å². The van der Waals surface area contributed by atoms with Gasteiger partial charge in [0.15, 0.2) is 5.96 Å². The Labute approximate surface area is 71.4 Å². The first-order valence-electron chi connectivity index (χ1n) is 3.90. The van der Waals surface area contributed by atoms with Crippen molar-refractivity contribution < 1.29 is 4.79 Å². The maximum Gasteiger partial charge on any atom is 0.219 e. The zero-order valence-electron chi connectivity index (χ0n) is 7.16. The Morgan fingerprint density at radius 1 is 1.58 bits per heavy atom. The molecule has 1 aliphatic rings. The first-order valence-corrected chi connectivity index (χ1v) is 3.90. The van der Waals surface area contributed by atoms with Gasteiger partial charge in [-0.15, -0.1) is 0 Å². The Hall–Kier alpha value is -1.26. The number of aliphatic imine (C=N–C) groups is 1. The Morgan fingerprint density at radius 2 is 2.17 bits per heavy atom. The van der Waals surface area contributed by atoms with E-state index in [4.69, 9.17) is 11.5 Å². The van der Waals surface area contributed by atoms with Crippen LogP contribution >= 0.6 is 0 Å². The fraction of sp³-hybridized carbons (Fsp3) is 0.714. The first kappa shape index (κ1) is 8.83. The monoisotopic (exact) mass is 170 g/mol. The smallest absolute Gasteiger partial charge is 0.219 e. The molecule has 1 heterocycles. The van der Waals surface area contributed by atoms with E-state index in [2.05, 4.69) is 4.99 Å². The summed E-state index contributed by atoms with van der Waals surface area (Å²) >= 11 is 0. The molecule has 0 aromatic rings. The fourth-order valence-electron chi connectivity index (χ4n) is 1.18. The lowest BCUT2D eigenvalue weighted by atomic mass is 10.0. The number of hydrogen-bond donors (Lipinski definition) is 2. The highest BCUT2D eigenvalue weighted by atomic mass is 16.2. The summed E-state index contributed by atoms with van der Waals surface area (Å²) < 4.78 is 0. The van der Waals surface area contributed by atoms with Gasteiger partial charge in [0.2, 0.25) is 5.91 Å². The van der Waals surface area contributed by atoms with E-state index in [0.717, 1.165) is 13.1 Å². The summed E-state index contributed by atoms with van der Waals surface area (Å²) in [5, 5.41) is 0. The minimum atomic E-state index is 0.121. The maximum atomic E-state index is 10.8. The Balaban J connectivity index is 2.18. The van der Waals surface area contributed by atoms with Crippen LogP contribution in [0.3, 0.4) is 0 Å². The molecule has 5 heteroatoms. The van der Waals surface area contributed by atoms with Gasteiger partial charge in [-0.3, -0.25) is 9.79 Å². The van der Waals surface area contributed by atoms with Gasteiger partial charge in [0.05, 0.1) is 0 Å². The minimum absolute atomic E-state index is 0.121. The molecule has 1 aliphatic heterocycles. The zero-order chi connectivity index (χ0) is 9.14. The predicted octanol–water partition coefficient (Wildman–Crippen LogP) is -1.26. The molecular formula is C7H14N4O. The number of carbonyl (C=O) groups is 1. The molecule has 0 aromatic carbocycles. The number of carbonyl (C=O) groups excluding carboxylic acids is 1. The van der Waals surface area contributed by atoms with Crippen LogP contribution in [0.4, 0.5) is 0 Å². The lowest BCUT2D eigenvalue weighted by Crippen LogP contribution is -2.50. The molecule has 1 amide bonds. The van der Waals surface area contributed by atoms with Crippen molar-refractivity contribution in [2.24, 2.45) is 22.4 Å². The van der Waals surface area contributed by atoms with E-state index < -0.39 is 0 Å². The highest BCUT2D eigenvalue weighted by molar-refractivity contribution is 5.76. The van der Waals surface area contributed by atoms with E-state index >= 15 is 0 Å². The number of hydrogen-bond acceptors (Lipinski definition) is 2. The van der Waals surface area contributed by atoms with E-state index in [0.29, 0.717) is 12.5 Å². The van der Waals surface area contributed by atoms with Gasteiger partial charge < -0.3 is 16.4 Å². The molecule has 5 nitrogen and oxygen atoms in total. The molecule has 0 aliphatic carbocycles. The van der Waals surface area contributed by atoms with Crippen LogP contribution in [0.1, 0.15) is 6.92 Å². The Morgan fingerprint density at radius 3 is 2.58 bits per heavy atom. The van der Waals surface area contributed by atoms with Gasteiger partial charge in [-0.05, 0) is 0 Å². The summed E-state index contributed by atoms with van der Waals surface area (Å²) in [7, 11) is 0. The van der Waals surface area contributed by atoms with Gasteiger partial charge in [0, 0.05) is 32.5 Å². The van der Waals surface area contributed by atoms with Gasteiger partial charge in [0.1, 0.15) is 0 Å². The van der Waals surface area contributed by atoms with Crippen molar-refractivity contribution in [3.63, 3.8) is 0 Å². The third-order valence-corrected chi connectivity index (χ3v) is 1.93. The summed E-state index contributed by atoms with van der Waals surface area (Å²) in [4.78, 5) is 16.4. The average molecular weight is 170 g/mol. The Bertz CT molecular complexity index is 203. The predicted molar refractivity (Wildman–Crippen MR) is 46.4 cm³/mol. The quantitative estimate of drug-likeness (QED) is 0.400. The average Bonchev–Trinajstić information content (AvgIpc) is 1.82. The van der Waals surface area contributed by atoms with Crippen LogP contribution in [0.25, 0.3) is 0 Å². The maximum absolute atomic E-state index is 10.8. The van der Waals surface area contributed by atoms with Crippen LogP contribution in [0.5, 0.6) is 0 Å². The number of nitrogens with zero attached hydrogens (tertiary/aromatic N) is 2. The van der Waals surface area contributed by atoms with Crippen LogP contribution in [-0.2, 0) is 4.79 Å². The standard InChI is InChI=1S/C7H14N4O/c1-5(12)11-3-6(4-11)2-10-7(8)9/h6H,2-4H2,1H3,(H4,8,9,10). The van der Waals surface area contributed by atoms with Crippen molar-refractivity contribution in [2.45, 2.75) is 6.92 Å². The number of nitrogens with two attached hydrogens (primary N) is 2. The molecule has 0 atom stereocenters. The third kappa shape index (κ3) is 2.11. The SMILES string of the molecule is CC(=O)N1CC(CN=C(N)N)C1. The van der Waals surface area contributed by atoms with Crippen LogP contribution in [0.2, 0.25) is 0 Å². The molecule has 0 aromatic heterocycles. The highest BCUT2D eigenvalue weighted by Gasteiger charge is 2.27. The van der Waals surface area contributed by atoms with Crippen LogP contribution in [-0.4, -0.2) is 36.4 Å². The van der Waals surface area contributed by atoms with E-state index in [1.54, 1.807) is 11.8 Å². The largest absolute Gasteiger partial charge is 0.370 e. The zero-order valence-corrected chi connectivity index (χ0v) is 7.16. The summed E-state index contributed by atoms with van der Waals surface area (Å²) in [6.45, 7) is 3.77. The Kier molecular flexibility index (Phi) is 2.52. The van der Waals surface area contributed by atoms with E-state index in [1.165, 1.54) is 0 Å². The van der Waals surface area contributed by atoms with Crippen molar-refractivity contribution in [2.75, 3.05) is 19.6 Å². The van der Waals surface area contributed by atoms with E-state index in [9.17, 15) is 4.79 Å². The number of rotatable bonds is 2. The summed E-state index contributed by atoms with van der Waals surface area (Å²) in [5.41, 5.74) is 10.3. The highest BCUT2D eigenvalue weighted by Crippen LogP contribution is 2.15. The molecule has 4 N–H and O–H groups in total. The van der Waals surface area contributed by atoms with Crippen molar-refractivity contribution in [1.82, 2.24) is 4.90 Å². The molecule has 68 valence electrons. The molecule has 0 saturated carbocycles. The second kappa shape index (κ2) is 3.42. The van der Waals surface area contributed by atoms with Crippen LogP contribution in [0.15, 0.2) is 4.99 Å². The summed E-state index contributed by atoms with van der Waals surface area (Å²) in [6, 6.07) is 0. The second-order valence-corrected chi connectivity index (χ2v) is 3.06. The first-order chi connectivity index (χ1) is 5.59. The van der Waals surface area contributed by atoms with Gasteiger partial charge in [0.25, 0.3) is 0 Å². The molecule has 12 heavy (non-hydrogen) atoms. The van der Waals surface area contributed by atoms with Gasteiger partial charge in [-0.25, -0.2) is 0 Å². The molecule has 0 radical (unpaired) electrons. The lowest BCUT2D eigenvalue weighted by Gasteiger charge is -2.37. The van der Waals surface area contributed by atoms with Crippen molar-refractivity contribution in [3.8, 4) is 0 Å². The fourth-order valence-corrected chi connectivity index (χ4v) is 1.18. The topological polar surface area (TPSA) is 84.7 Å². The molecule has 0 spiro atoms. The minimum Gasteiger partial charge on any atom is -0.370 e. The lowest BCUT2D eigenvalue weighted by molar-refractivity contribution is -0.134.